The molecule has 2 rings (SSSR count). The second-order valence-electron chi connectivity index (χ2n) is 3.31. The molecule has 1 unspecified atom stereocenters. The van der Waals surface area contributed by atoms with Gasteiger partial charge in [0.1, 0.15) is 5.76 Å². The highest BCUT2D eigenvalue weighted by atomic mass is 79.9. The maximum atomic E-state index is 5.52. The molecule has 0 aromatic carbocycles. The lowest BCUT2D eigenvalue weighted by molar-refractivity contribution is 0.450. The van der Waals surface area contributed by atoms with Gasteiger partial charge in [0.05, 0.1) is 20.6 Å². The average molecular weight is 365 g/mol. The lowest BCUT2D eigenvalue weighted by atomic mass is 10.1. The van der Waals surface area contributed by atoms with Gasteiger partial charge in [0, 0.05) is 0 Å². The van der Waals surface area contributed by atoms with Crippen molar-refractivity contribution >= 4 is 43.2 Å². The molecule has 0 amide bonds. The molecule has 1 atom stereocenters. The van der Waals surface area contributed by atoms with E-state index in [0.29, 0.717) is 0 Å². The van der Waals surface area contributed by atoms with Gasteiger partial charge in [-0.05, 0) is 61.5 Å². The molecule has 0 aliphatic carbocycles. The number of nitrogens with one attached hydrogen (secondary N) is 1. The molecule has 0 aliphatic rings. The van der Waals surface area contributed by atoms with Crippen molar-refractivity contribution in [1.82, 2.24) is 5.32 Å². The molecule has 2 aromatic heterocycles. The van der Waals surface area contributed by atoms with Gasteiger partial charge >= 0.3 is 0 Å². The van der Waals surface area contributed by atoms with Crippen LogP contribution in [0.15, 0.2) is 36.5 Å². The summed E-state index contributed by atoms with van der Waals surface area (Å²) in [5.74, 6) is 0.923. The zero-order chi connectivity index (χ0) is 11.5. The van der Waals surface area contributed by atoms with Gasteiger partial charge in [-0.1, -0.05) is 6.92 Å². The lowest BCUT2D eigenvalue weighted by Gasteiger charge is -2.14. The Balaban J connectivity index is 2.34. The standard InChI is InChI=1S/C11H11Br2NOS/c1-2-14-10(7-5-9(13)16-6-7)11-8(12)3-4-15-11/h3-6,10,14H,2H2,1H3. The van der Waals surface area contributed by atoms with Gasteiger partial charge in [-0.3, -0.25) is 0 Å². The smallest absolute Gasteiger partial charge is 0.139 e. The largest absolute Gasteiger partial charge is 0.466 e. The summed E-state index contributed by atoms with van der Waals surface area (Å²) in [5.41, 5.74) is 1.22. The predicted molar refractivity (Wildman–Crippen MR) is 73.9 cm³/mol. The van der Waals surface area contributed by atoms with Gasteiger partial charge in [0.2, 0.25) is 0 Å². The highest BCUT2D eigenvalue weighted by molar-refractivity contribution is 9.11. The van der Waals surface area contributed by atoms with E-state index in [1.165, 1.54) is 5.56 Å². The highest BCUT2D eigenvalue weighted by Crippen LogP contribution is 2.33. The first-order chi connectivity index (χ1) is 7.72. The Kier molecular flexibility index (Phi) is 4.24. The molecule has 86 valence electrons. The summed E-state index contributed by atoms with van der Waals surface area (Å²) < 4.78 is 7.66. The van der Waals surface area contributed by atoms with E-state index >= 15 is 0 Å². The van der Waals surface area contributed by atoms with Gasteiger partial charge in [-0.25, -0.2) is 0 Å². The third kappa shape index (κ3) is 2.59. The van der Waals surface area contributed by atoms with Crippen LogP contribution in [-0.2, 0) is 0 Å². The molecular formula is C11H11Br2NOS. The van der Waals surface area contributed by atoms with Gasteiger partial charge in [0.15, 0.2) is 0 Å². The third-order valence-electron chi connectivity index (χ3n) is 2.24. The maximum Gasteiger partial charge on any atom is 0.139 e. The molecule has 0 spiro atoms. The summed E-state index contributed by atoms with van der Waals surface area (Å²) in [7, 11) is 0. The Morgan fingerprint density at radius 2 is 2.31 bits per heavy atom. The summed E-state index contributed by atoms with van der Waals surface area (Å²) in [6, 6.07) is 4.14. The van der Waals surface area contributed by atoms with Gasteiger partial charge in [0.25, 0.3) is 0 Å². The Morgan fingerprint density at radius 3 is 2.81 bits per heavy atom. The van der Waals surface area contributed by atoms with Gasteiger partial charge in [-0.2, -0.15) is 0 Å². The molecule has 2 heterocycles. The second-order valence-corrected chi connectivity index (χ2v) is 6.45. The minimum Gasteiger partial charge on any atom is -0.466 e. The van der Waals surface area contributed by atoms with Crippen LogP contribution >= 0.6 is 43.2 Å². The first-order valence-electron chi connectivity index (χ1n) is 4.92. The zero-order valence-electron chi connectivity index (χ0n) is 8.67. The minimum atomic E-state index is 0.108. The normalized spacial score (nSPS) is 12.9. The van der Waals surface area contributed by atoms with Gasteiger partial charge in [-0.15, -0.1) is 11.3 Å². The van der Waals surface area contributed by atoms with Crippen molar-refractivity contribution in [2.24, 2.45) is 0 Å². The quantitative estimate of drug-likeness (QED) is 0.859. The van der Waals surface area contributed by atoms with E-state index < -0.39 is 0 Å². The van der Waals surface area contributed by atoms with Crippen LogP contribution < -0.4 is 5.32 Å². The molecule has 1 N–H and O–H groups in total. The van der Waals surface area contributed by atoms with Crippen LogP contribution in [0.3, 0.4) is 0 Å². The van der Waals surface area contributed by atoms with Crippen LogP contribution in [0.1, 0.15) is 24.3 Å². The average Bonchev–Trinajstić information content (AvgIpc) is 2.84. The number of rotatable bonds is 4. The maximum absolute atomic E-state index is 5.52. The highest BCUT2D eigenvalue weighted by Gasteiger charge is 2.20. The molecule has 0 aliphatic heterocycles. The fourth-order valence-corrected chi connectivity index (χ4v) is 3.18. The fourth-order valence-electron chi connectivity index (χ4n) is 1.55. The summed E-state index contributed by atoms with van der Waals surface area (Å²) >= 11 is 8.66. The van der Waals surface area contributed by atoms with E-state index in [2.05, 4.69) is 55.5 Å². The number of thiophene rings is 1. The van der Waals surface area contributed by atoms with E-state index in [9.17, 15) is 0 Å². The van der Waals surface area contributed by atoms with E-state index in [4.69, 9.17) is 4.42 Å². The van der Waals surface area contributed by atoms with Crippen LogP contribution in [0.2, 0.25) is 0 Å². The monoisotopic (exact) mass is 363 g/mol. The molecular weight excluding hydrogens is 354 g/mol. The topological polar surface area (TPSA) is 25.2 Å². The van der Waals surface area contributed by atoms with E-state index in [1.807, 2.05) is 6.07 Å². The molecule has 0 saturated heterocycles. The van der Waals surface area contributed by atoms with Gasteiger partial charge < -0.3 is 9.73 Å². The molecule has 5 heteroatoms. The van der Waals surface area contributed by atoms with Crippen molar-refractivity contribution in [3.63, 3.8) is 0 Å². The number of hydrogen-bond acceptors (Lipinski definition) is 3. The lowest BCUT2D eigenvalue weighted by Crippen LogP contribution is -2.21. The predicted octanol–water partition coefficient (Wildman–Crippen LogP) is 4.57. The van der Waals surface area contributed by atoms with Crippen molar-refractivity contribution in [3.05, 3.63) is 43.4 Å². The summed E-state index contributed by atoms with van der Waals surface area (Å²) in [6.07, 6.45) is 1.70. The van der Waals surface area contributed by atoms with E-state index in [1.54, 1.807) is 17.6 Å². The Bertz CT molecular complexity index is 466. The molecule has 0 fully saturated rings. The zero-order valence-corrected chi connectivity index (χ0v) is 12.7. The first-order valence-corrected chi connectivity index (χ1v) is 7.39. The summed E-state index contributed by atoms with van der Waals surface area (Å²) in [6.45, 7) is 2.98. The number of furan rings is 1. The Labute approximate surface area is 115 Å². The van der Waals surface area contributed by atoms with Crippen LogP contribution in [0.5, 0.6) is 0 Å². The van der Waals surface area contributed by atoms with Crippen molar-refractivity contribution in [2.75, 3.05) is 6.54 Å². The van der Waals surface area contributed by atoms with Crippen LogP contribution in [0.25, 0.3) is 0 Å². The van der Waals surface area contributed by atoms with Crippen LogP contribution in [0, 0.1) is 0 Å². The van der Waals surface area contributed by atoms with E-state index in [-0.39, 0.29) is 6.04 Å². The number of halogens is 2. The molecule has 2 aromatic rings. The third-order valence-corrected chi connectivity index (χ3v) is 4.41. The Hall–Kier alpha value is -0.100. The molecule has 0 saturated carbocycles. The second kappa shape index (κ2) is 5.49. The SMILES string of the molecule is CCNC(c1csc(Br)c1)c1occc1Br. The Morgan fingerprint density at radius 1 is 1.50 bits per heavy atom. The molecule has 2 nitrogen and oxygen atoms in total. The van der Waals surface area contributed by atoms with Crippen LogP contribution in [-0.4, -0.2) is 6.54 Å². The number of hydrogen-bond donors (Lipinski definition) is 1. The van der Waals surface area contributed by atoms with Crippen molar-refractivity contribution in [3.8, 4) is 0 Å². The van der Waals surface area contributed by atoms with E-state index in [0.717, 1.165) is 20.6 Å². The molecule has 0 radical (unpaired) electrons. The summed E-state index contributed by atoms with van der Waals surface area (Å²) in [5, 5.41) is 5.55. The van der Waals surface area contributed by atoms with Crippen molar-refractivity contribution in [1.29, 1.82) is 0 Å². The molecule has 16 heavy (non-hydrogen) atoms. The summed E-state index contributed by atoms with van der Waals surface area (Å²) in [4.78, 5) is 0. The molecule has 0 bridgehead atoms. The fraction of sp³-hybridized carbons (Fsp3) is 0.273. The first kappa shape index (κ1) is 12.4. The van der Waals surface area contributed by atoms with Crippen molar-refractivity contribution < 1.29 is 4.42 Å². The van der Waals surface area contributed by atoms with Crippen molar-refractivity contribution in [2.45, 2.75) is 13.0 Å². The van der Waals surface area contributed by atoms with Crippen LogP contribution in [0.4, 0.5) is 0 Å². The minimum absolute atomic E-state index is 0.108.